The average molecular weight is 432 g/mol. The first-order valence-corrected chi connectivity index (χ1v) is 9.28. The van der Waals surface area contributed by atoms with Gasteiger partial charge in [-0.15, -0.1) is 0 Å². The van der Waals surface area contributed by atoms with Gasteiger partial charge in [-0.25, -0.2) is 9.11 Å². The maximum Gasteiger partial charge on any atom is 1.00 e. The Hall–Kier alpha value is 0.860. The van der Waals surface area contributed by atoms with Gasteiger partial charge < -0.3 is 29.0 Å². The summed E-state index contributed by atoms with van der Waals surface area (Å²) in [7, 11) is -11.0. The predicted molar refractivity (Wildman–Crippen MR) is 70.3 cm³/mol. The molecule has 1 aliphatic rings. The van der Waals surface area contributed by atoms with Crippen LogP contribution in [0.3, 0.4) is 0 Å². The number of aliphatic hydroxyl groups is 1. The summed E-state index contributed by atoms with van der Waals surface area (Å²) in [5.74, 6) is 0. The van der Waals surface area contributed by atoms with Crippen LogP contribution < -0.4 is 80.2 Å². The molecule has 0 spiro atoms. The van der Waals surface area contributed by atoms with Gasteiger partial charge in [0.15, 0.2) is 0 Å². The van der Waals surface area contributed by atoms with Gasteiger partial charge in [-0.3, -0.25) is 23.5 Å². The van der Waals surface area contributed by atoms with Crippen LogP contribution in [0.1, 0.15) is 12.6 Å². The summed E-state index contributed by atoms with van der Waals surface area (Å²) in [5, 5.41) is 9.80. The third-order valence-electron chi connectivity index (χ3n) is 2.97. The number of nitrogens with zero attached hydrogens (tertiary/aromatic N) is 1. The number of phosphoric acid groups is 2. The van der Waals surface area contributed by atoms with Crippen molar-refractivity contribution >= 4 is 15.6 Å². The molecule has 0 bridgehead atoms. The zero-order valence-corrected chi connectivity index (χ0v) is 19.5. The van der Waals surface area contributed by atoms with E-state index in [-0.39, 0.29) is 65.5 Å². The third-order valence-corrected chi connectivity index (χ3v) is 5.06. The minimum atomic E-state index is -5.57. The van der Waals surface area contributed by atoms with Crippen LogP contribution >= 0.6 is 15.6 Å². The number of ether oxygens (including phenoxy) is 1. The zero-order valence-electron chi connectivity index (χ0n) is 13.7. The summed E-state index contributed by atoms with van der Waals surface area (Å²) in [6.45, 7) is -0.823. The van der Waals surface area contributed by atoms with Crippen LogP contribution in [0.4, 0.5) is 0 Å². The quantitative estimate of drug-likeness (QED) is 0.284. The Morgan fingerprint density at radius 2 is 1.96 bits per heavy atom. The van der Waals surface area contributed by atoms with Gasteiger partial charge in [0.25, 0.3) is 21.2 Å². The van der Waals surface area contributed by atoms with Gasteiger partial charge in [-0.1, -0.05) is 0 Å². The Labute approximate surface area is 190 Å². The molecule has 0 aliphatic carbocycles. The molecular formula is C9H12N2Na2O11P2. The normalized spacial score (nSPS) is 26.8. The van der Waals surface area contributed by atoms with E-state index in [1.807, 2.05) is 4.98 Å². The van der Waals surface area contributed by atoms with E-state index in [4.69, 9.17) is 9.63 Å². The number of nitrogens with one attached hydrogen (secondary N) is 1. The van der Waals surface area contributed by atoms with Crippen LogP contribution in [-0.2, 0) is 22.7 Å². The molecular weight excluding hydrogens is 420 g/mol. The van der Waals surface area contributed by atoms with E-state index >= 15 is 0 Å². The fourth-order valence-corrected chi connectivity index (χ4v) is 3.53. The SMILES string of the molecule is O=c1ccn([C@H]2C[C@H](O)[C@@H](COP(=O)([O-])OP(=O)([O-])O)O2)c(=O)[nH]1.[Na+].[Na+]. The van der Waals surface area contributed by atoms with Crippen LogP contribution in [0.15, 0.2) is 21.9 Å². The molecule has 26 heavy (non-hydrogen) atoms. The largest absolute Gasteiger partial charge is 1.00 e. The fourth-order valence-electron chi connectivity index (χ4n) is 2.00. The first-order chi connectivity index (χ1) is 11.0. The van der Waals surface area contributed by atoms with Gasteiger partial charge in [0.05, 0.1) is 12.7 Å². The van der Waals surface area contributed by atoms with Crippen LogP contribution in [0.2, 0.25) is 0 Å². The number of aromatic nitrogens is 2. The molecule has 1 saturated heterocycles. The van der Waals surface area contributed by atoms with E-state index in [0.717, 1.165) is 16.8 Å². The molecule has 3 N–H and O–H groups in total. The van der Waals surface area contributed by atoms with Gasteiger partial charge in [0.1, 0.15) is 12.3 Å². The van der Waals surface area contributed by atoms with E-state index in [1.54, 1.807) is 0 Å². The molecule has 2 heterocycles. The summed E-state index contributed by atoms with van der Waals surface area (Å²) in [6.07, 6.45) is -2.48. The van der Waals surface area contributed by atoms with Crippen molar-refractivity contribution in [2.45, 2.75) is 24.9 Å². The topological polar surface area (TPSA) is 203 Å². The van der Waals surface area contributed by atoms with Crippen molar-refractivity contribution in [3.05, 3.63) is 33.1 Å². The van der Waals surface area contributed by atoms with E-state index in [2.05, 4.69) is 8.83 Å². The Morgan fingerprint density at radius 1 is 1.35 bits per heavy atom. The second-order valence-electron chi connectivity index (χ2n) is 4.74. The number of H-pyrrole nitrogens is 1. The minimum absolute atomic E-state index is 0. The number of aromatic amines is 1. The Morgan fingerprint density at radius 3 is 2.50 bits per heavy atom. The van der Waals surface area contributed by atoms with Gasteiger partial charge in [-0.05, 0) is 0 Å². The van der Waals surface area contributed by atoms with Gasteiger partial charge in [0.2, 0.25) is 0 Å². The Balaban J connectivity index is 0.00000312. The molecule has 136 valence electrons. The smallest absolute Gasteiger partial charge is 0.756 e. The van der Waals surface area contributed by atoms with Crippen LogP contribution in [0, 0.1) is 0 Å². The molecule has 5 atom stereocenters. The molecule has 0 saturated carbocycles. The number of rotatable bonds is 6. The molecule has 13 nitrogen and oxygen atoms in total. The summed E-state index contributed by atoms with van der Waals surface area (Å²) >= 11 is 0. The maximum atomic E-state index is 11.6. The van der Waals surface area contributed by atoms with Crippen molar-refractivity contribution in [1.29, 1.82) is 0 Å². The first-order valence-electron chi connectivity index (χ1n) is 6.32. The van der Waals surface area contributed by atoms with Crippen molar-refractivity contribution in [1.82, 2.24) is 9.55 Å². The molecule has 0 radical (unpaired) electrons. The summed E-state index contributed by atoms with van der Waals surface area (Å²) in [6, 6.07) is 1.05. The standard InChI is InChI=1S/C9H14N2O11P2.2Na/c12-5-3-8(11-2-1-7(13)10-9(11)14)21-6(5)4-20-24(18,19)22-23(15,16)17;;/h1-2,5-6,8,12H,3-4H2,(H,18,19)(H,10,13,14)(H2,15,16,17);;/q;2*+1/p-2/t5-,6+,8+;;/m0../s1. The second-order valence-corrected chi connectivity index (χ2v) is 7.49. The summed E-state index contributed by atoms with van der Waals surface area (Å²) < 4.78 is 35.3. The monoisotopic (exact) mass is 432 g/mol. The van der Waals surface area contributed by atoms with E-state index in [9.17, 15) is 33.6 Å². The molecule has 1 aliphatic heterocycles. The number of hydrogen-bond acceptors (Lipinski definition) is 10. The van der Waals surface area contributed by atoms with E-state index in [0.29, 0.717) is 0 Å². The molecule has 2 rings (SSSR count). The molecule has 0 amide bonds. The molecule has 2 unspecified atom stereocenters. The van der Waals surface area contributed by atoms with Crippen LogP contribution in [-0.4, -0.2) is 38.4 Å². The average Bonchev–Trinajstić information content (AvgIpc) is 2.75. The van der Waals surface area contributed by atoms with Crippen molar-refractivity contribution in [2.24, 2.45) is 0 Å². The predicted octanol–water partition coefficient (Wildman–Crippen LogP) is -8.84. The molecule has 1 fully saturated rings. The van der Waals surface area contributed by atoms with Crippen LogP contribution in [0.5, 0.6) is 0 Å². The van der Waals surface area contributed by atoms with Gasteiger partial charge in [0, 0.05) is 18.7 Å². The van der Waals surface area contributed by atoms with E-state index < -0.39 is 51.9 Å². The Bertz CT molecular complexity index is 807. The van der Waals surface area contributed by atoms with Crippen molar-refractivity contribution in [2.75, 3.05) is 6.61 Å². The zero-order chi connectivity index (χ0) is 18.1. The van der Waals surface area contributed by atoms with Crippen LogP contribution in [0.25, 0.3) is 0 Å². The summed E-state index contributed by atoms with van der Waals surface area (Å²) in [5.41, 5.74) is -1.43. The van der Waals surface area contributed by atoms with E-state index in [1.165, 1.54) is 0 Å². The van der Waals surface area contributed by atoms with Crippen molar-refractivity contribution < 1.29 is 102 Å². The Kier molecular flexibility index (Phi) is 10.9. The molecule has 17 heteroatoms. The van der Waals surface area contributed by atoms with Crippen molar-refractivity contribution in [3.8, 4) is 0 Å². The maximum absolute atomic E-state index is 11.6. The number of aliphatic hydroxyl groups excluding tert-OH is 1. The molecule has 0 aromatic carbocycles. The first kappa shape index (κ1) is 26.9. The molecule has 1 aromatic rings. The molecule has 1 aromatic heterocycles. The minimum Gasteiger partial charge on any atom is -0.756 e. The number of hydrogen-bond donors (Lipinski definition) is 3. The third kappa shape index (κ3) is 8.08. The number of phosphoric ester groups is 1. The summed E-state index contributed by atoms with van der Waals surface area (Å²) in [4.78, 5) is 54.4. The fraction of sp³-hybridized carbons (Fsp3) is 0.556. The van der Waals surface area contributed by atoms with Gasteiger partial charge >= 0.3 is 64.8 Å². The van der Waals surface area contributed by atoms with Gasteiger partial charge in [-0.2, -0.15) is 0 Å². The second kappa shape index (κ2) is 10.6. The van der Waals surface area contributed by atoms with Crippen molar-refractivity contribution in [3.63, 3.8) is 0 Å².